The summed E-state index contributed by atoms with van der Waals surface area (Å²) in [5.74, 6) is 0.730. The summed E-state index contributed by atoms with van der Waals surface area (Å²) in [5, 5.41) is 7.21. The monoisotopic (exact) mass is 262 g/mol. The standard InChI is InChI=1S/C14H18N2OS/c17-14(2-1-11-5-8-18-10-11)15-13-9-16-6-3-12(13)4-7-16/h1-2,5,8,10,12-13H,3-4,6-7,9H2,(H,15,17). The zero-order valence-corrected chi connectivity index (χ0v) is 11.2. The number of rotatable bonds is 3. The number of fused-ring (bicyclic) bond motifs is 3. The Morgan fingerprint density at radius 1 is 1.44 bits per heavy atom. The van der Waals surface area contributed by atoms with Crippen molar-refractivity contribution in [2.75, 3.05) is 19.6 Å². The topological polar surface area (TPSA) is 32.3 Å². The largest absolute Gasteiger partial charge is 0.348 e. The van der Waals surface area contributed by atoms with E-state index in [2.05, 4.69) is 10.2 Å². The maximum Gasteiger partial charge on any atom is 0.244 e. The quantitative estimate of drug-likeness (QED) is 0.845. The first-order valence-corrected chi connectivity index (χ1v) is 7.49. The normalized spacial score (nSPS) is 30.8. The average molecular weight is 262 g/mol. The molecule has 4 heterocycles. The van der Waals surface area contributed by atoms with E-state index in [0.29, 0.717) is 12.0 Å². The number of piperidine rings is 3. The summed E-state index contributed by atoms with van der Waals surface area (Å²) in [6, 6.07) is 2.37. The Balaban J connectivity index is 1.55. The van der Waals surface area contributed by atoms with Crippen molar-refractivity contribution in [1.29, 1.82) is 0 Å². The van der Waals surface area contributed by atoms with Gasteiger partial charge in [-0.25, -0.2) is 0 Å². The van der Waals surface area contributed by atoms with Crippen LogP contribution in [0.15, 0.2) is 22.9 Å². The first kappa shape index (κ1) is 11.9. The van der Waals surface area contributed by atoms with E-state index in [1.54, 1.807) is 17.4 Å². The van der Waals surface area contributed by atoms with Crippen LogP contribution in [0.25, 0.3) is 6.08 Å². The molecule has 3 aliphatic rings. The fourth-order valence-electron chi connectivity index (χ4n) is 2.90. The third kappa shape index (κ3) is 2.65. The molecular formula is C14H18N2OS. The second-order valence-corrected chi connectivity index (χ2v) is 5.92. The fraction of sp³-hybridized carbons (Fsp3) is 0.500. The summed E-state index contributed by atoms with van der Waals surface area (Å²) in [6.07, 6.45) is 6.01. The lowest BCUT2D eigenvalue weighted by atomic mass is 9.84. The number of carbonyl (C=O) groups excluding carboxylic acids is 1. The smallest absolute Gasteiger partial charge is 0.244 e. The molecule has 2 bridgehead atoms. The Morgan fingerprint density at radius 3 is 2.89 bits per heavy atom. The second-order valence-electron chi connectivity index (χ2n) is 5.14. The molecule has 0 saturated carbocycles. The Labute approximate surface area is 111 Å². The fourth-order valence-corrected chi connectivity index (χ4v) is 3.53. The summed E-state index contributed by atoms with van der Waals surface area (Å²) >= 11 is 1.65. The summed E-state index contributed by atoms with van der Waals surface area (Å²) in [7, 11) is 0. The minimum absolute atomic E-state index is 0.0416. The van der Waals surface area contributed by atoms with E-state index in [9.17, 15) is 4.79 Å². The number of carbonyl (C=O) groups is 1. The van der Waals surface area contributed by atoms with Crippen LogP contribution in [0.5, 0.6) is 0 Å². The highest BCUT2D eigenvalue weighted by atomic mass is 32.1. The number of hydrogen-bond donors (Lipinski definition) is 1. The molecule has 4 heteroatoms. The highest BCUT2D eigenvalue weighted by Gasteiger charge is 2.34. The van der Waals surface area contributed by atoms with Crippen molar-refractivity contribution in [2.24, 2.45) is 5.92 Å². The Hall–Kier alpha value is -1.13. The molecule has 0 radical (unpaired) electrons. The van der Waals surface area contributed by atoms with Gasteiger partial charge < -0.3 is 10.2 Å². The second kappa shape index (κ2) is 5.24. The van der Waals surface area contributed by atoms with Gasteiger partial charge in [-0.05, 0) is 60.3 Å². The van der Waals surface area contributed by atoms with Gasteiger partial charge in [-0.1, -0.05) is 0 Å². The van der Waals surface area contributed by atoms with Gasteiger partial charge in [0.2, 0.25) is 5.91 Å². The maximum absolute atomic E-state index is 11.9. The molecule has 3 nitrogen and oxygen atoms in total. The van der Waals surface area contributed by atoms with Crippen LogP contribution < -0.4 is 5.32 Å². The third-order valence-electron chi connectivity index (χ3n) is 3.95. The first-order valence-electron chi connectivity index (χ1n) is 6.54. The molecule has 1 aromatic rings. The minimum atomic E-state index is 0.0416. The molecular weight excluding hydrogens is 244 g/mol. The highest BCUT2D eigenvalue weighted by molar-refractivity contribution is 7.08. The number of nitrogens with zero attached hydrogens (tertiary/aromatic N) is 1. The SMILES string of the molecule is O=C(C=Cc1ccsc1)NC1CN2CCC1CC2. The van der Waals surface area contributed by atoms with Crippen molar-refractivity contribution in [1.82, 2.24) is 10.2 Å². The predicted molar refractivity (Wildman–Crippen MR) is 74.4 cm³/mol. The van der Waals surface area contributed by atoms with E-state index < -0.39 is 0 Å². The van der Waals surface area contributed by atoms with Gasteiger partial charge in [-0.15, -0.1) is 0 Å². The van der Waals surface area contributed by atoms with Crippen molar-refractivity contribution in [2.45, 2.75) is 18.9 Å². The van der Waals surface area contributed by atoms with Gasteiger partial charge in [0.15, 0.2) is 0 Å². The van der Waals surface area contributed by atoms with Gasteiger partial charge in [-0.3, -0.25) is 4.79 Å². The van der Waals surface area contributed by atoms with E-state index in [-0.39, 0.29) is 5.91 Å². The summed E-state index contributed by atoms with van der Waals surface area (Å²) < 4.78 is 0. The summed E-state index contributed by atoms with van der Waals surface area (Å²) in [6.45, 7) is 3.45. The van der Waals surface area contributed by atoms with Gasteiger partial charge in [-0.2, -0.15) is 11.3 Å². The van der Waals surface area contributed by atoms with Crippen molar-refractivity contribution in [3.63, 3.8) is 0 Å². The number of hydrogen-bond acceptors (Lipinski definition) is 3. The third-order valence-corrected chi connectivity index (χ3v) is 4.66. The lowest BCUT2D eigenvalue weighted by Crippen LogP contribution is -2.57. The molecule has 3 saturated heterocycles. The van der Waals surface area contributed by atoms with Crippen LogP contribution in [0, 0.1) is 5.92 Å². The molecule has 0 aromatic carbocycles. The molecule has 1 aromatic heterocycles. The molecule has 1 unspecified atom stereocenters. The van der Waals surface area contributed by atoms with Crippen LogP contribution in [-0.2, 0) is 4.79 Å². The molecule has 0 spiro atoms. The molecule has 18 heavy (non-hydrogen) atoms. The van der Waals surface area contributed by atoms with E-state index in [1.165, 1.54) is 25.9 Å². The molecule has 1 amide bonds. The zero-order valence-electron chi connectivity index (χ0n) is 10.3. The number of thiophene rings is 1. The van der Waals surface area contributed by atoms with Crippen molar-refractivity contribution in [3.05, 3.63) is 28.5 Å². The molecule has 1 atom stereocenters. The predicted octanol–water partition coefficient (Wildman–Crippen LogP) is 1.97. The molecule has 1 N–H and O–H groups in total. The van der Waals surface area contributed by atoms with Gasteiger partial charge in [0.1, 0.15) is 0 Å². The maximum atomic E-state index is 11.9. The van der Waals surface area contributed by atoms with Crippen molar-refractivity contribution < 1.29 is 4.79 Å². The molecule has 3 aliphatic heterocycles. The molecule has 0 aliphatic carbocycles. The van der Waals surface area contributed by atoms with Crippen LogP contribution >= 0.6 is 11.3 Å². The Morgan fingerprint density at radius 2 is 2.28 bits per heavy atom. The number of nitrogens with one attached hydrogen (secondary N) is 1. The van der Waals surface area contributed by atoms with Crippen molar-refractivity contribution >= 4 is 23.3 Å². The molecule has 96 valence electrons. The van der Waals surface area contributed by atoms with Crippen LogP contribution in [0.1, 0.15) is 18.4 Å². The molecule has 3 fully saturated rings. The van der Waals surface area contributed by atoms with Crippen molar-refractivity contribution in [3.8, 4) is 0 Å². The summed E-state index contributed by atoms with van der Waals surface area (Å²) in [5.41, 5.74) is 1.10. The summed E-state index contributed by atoms with van der Waals surface area (Å²) in [4.78, 5) is 14.3. The van der Waals surface area contributed by atoms with Gasteiger partial charge in [0, 0.05) is 18.7 Å². The van der Waals surface area contributed by atoms with E-state index in [4.69, 9.17) is 0 Å². The lowest BCUT2D eigenvalue weighted by molar-refractivity contribution is -0.118. The lowest BCUT2D eigenvalue weighted by Gasteiger charge is -2.44. The van der Waals surface area contributed by atoms with Crippen LogP contribution in [-0.4, -0.2) is 36.5 Å². The molecule has 4 rings (SSSR count). The van der Waals surface area contributed by atoms with Gasteiger partial charge >= 0.3 is 0 Å². The van der Waals surface area contributed by atoms with Gasteiger partial charge in [0.25, 0.3) is 0 Å². The Kier molecular flexibility index (Phi) is 3.48. The van der Waals surface area contributed by atoms with Crippen LogP contribution in [0.2, 0.25) is 0 Å². The van der Waals surface area contributed by atoms with E-state index in [1.807, 2.05) is 22.9 Å². The van der Waals surface area contributed by atoms with Crippen LogP contribution in [0.3, 0.4) is 0 Å². The first-order chi connectivity index (χ1) is 8.81. The van der Waals surface area contributed by atoms with E-state index in [0.717, 1.165) is 12.1 Å². The average Bonchev–Trinajstić information content (AvgIpc) is 2.91. The number of amides is 1. The zero-order chi connectivity index (χ0) is 12.4. The Bertz CT molecular complexity index is 433. The van der Waals surface area contributed by atoms with E-state index >= 15 is 0 Å². The highest BCUT2D eigenvalue weighted by Crippen LogP contribution is 2.27. The minimum Gasteiger partial charge on any atom is -0.348 e. The van der Waals surface area contributed by atoms with Gasteiger partial charge in [0.05, 0.1) is 0 Å². The van der Waals surface area contributed by atoms with Crippen LogP contribution in [0.4, 0.5) is 0 Å².